The van der Waals surface area contributed by atoms with Crippen molar-refractivity contribution in [2.75, 3.05) is 19.3 Å². The number of hydrogen-bond donors (Lipinski definition) is 0. The number of rotatable bonds is 6. The van der Waals surface area contributed by atoms with Gasteiger partial charge in [0.15, 0.2) is 9.84 Å². The summed E-state index contributed by atoms with van der Waals surface area (Å²) in [7, 11) is -3.31. The molecule has 3 aromatic rings. The molecule has 1 fully saturated rings. The number of benzene rings is 2. The average Bonchev–Trinajstić information content (AvgIpc) is 2.86. The van der Waals surface area contributed by atoms with Crippen LogP contribution in [-0.4, -0.2) is 49.4 Å². The number of amides is 1. The third-order valence-corrected chi connectivity index (χ3v) is 7.32. The molecule has 0 saturated carbocycles. The highest BCUT2D eigenvalue weighted by atomic mass is 32.2. The van der Waals surface area contributed by atoms with E-state index in [1.165, 1.54) is 22.8 Å². The molecule has 1 amide bonds. The fourth-order valence-electron chi connectivity index (χ4n) is 4.19. The first kappa shape index (κ1) is 26.2. The number of nitrogens with zero attached hydrogens (tertiary/aromatic N) is 2. The average molecular weight is 523 g/mol. The summed E-state index contributed by atoms with van der Waals surface area (Å²) in [4.78, 5) is 27.2. The molecule has 2 heterocycles. The summed E-state index contributed by atoms with van der Waals surface area (Å²) < 4.78 is 36.3. The molecule has 0 N–H and O–H groups in total. The molecule has 4 rings (SSSR count). The minimum atomic E-state index is -3.31. The summed E-state index contributed by atoms with van der Waals surface area (Å²) in [5.41, 5.74) is 2.21. The van der Waals surface area contributed by atoms with Crippen LogP contribution in [0.2, 0.25) is 0 Å². The second-order valence-corrected chi connectivity index (χ2v) is 11.0. The Hall–Kier alpha value is -3.85. The van der Waals surface area contributed by atoms with E-state index in [-0.39, 0.29) is 22.7 Å². The molecule has 2 aromatic carbocycles. The fourth-order valence-corrected chi connectivity index (χ4v) is 4.82. The van der Waals surface area contributed by atoms with Crippen molar-refractivity contribution in [2.45, 2.75) is 37.7 Å². The van der Waals surface area contributed by atoms with Crippen molar-refractivity contribution in [2.24, 2.45) is 0 Å². The Labute approximate surface area is 216 Å². The van der Waals surface area contributed by atoms with E-state index in [1.54, 1.807) is 35.4 Å². The van der Waals surface area contributed by atoms with E-state index in [0.717, 1.165) is 17.4 Å². The van der Waals surface area contributed by atoms with E-state index < -0.39 is 9.84 Å². The van der Waals surface area contributed by atoms with Gasteiger partial charge in [0.2, 0.25) is 0 Å². The van der Waals surface area contributed by atoms with Gasteiger partial charge in [-0.3, -0.25) is 9.36 Å². The lowest BCUT2D eigenvalue weighted by Crippen LogP contribution is -2.43. The van der Waals surface area contributed by atoms with Crippen LogP contribution < -0.4 is 15.0 Å². The number of pyridine rings is 1. The van der Waals surface area contributed by atoms with Crippen LogP contribution in [0.1, 0.15) is 30.9 Å². The zero-order valence-electron chi connectivity index (χ0n) is 21.1. The normalized spacial score (nSPS) is 14.6. The molecule has 9 heteroatoms. The van der Waals surface area contributed by atoms with E-state index in [9.17, 15) is 18.0 Å². The zero-order chi connectivity index (χ0) is 26.6. The SMILES string of the molecule is C/C=C\c1ccc(OC(=O)N2CCC(Oc3ccn(-c4ccc(S(C)(=O)=O)cc4)c(=O)c3)CC2)c(C)c1. The maximum Gasteiger partial charge on any atom is 0.415 e. The highest BCUT2D eigenvalue weighted by Gasteiger charge is 2.25. The van der Waals surface area contributed by atoms with Crippen LogP contribution in [0.3, 0.4) is 0 Å². The predicted molar refractivity (Wildman–Crippen MR) is 142 cm³/mol. The van der Waals surface area contributed by atoms with Gasteiger partial charge >= 0.3 is 6.09 Å². The quantitative estimate of drug-likeness (QED) is 0.469. The van der Waals surface area contributed by atoms with Crippen LogP contribution in [0, 0.1) is 6.92 Å². The van der Waals surface area contributed by atoms with Crippen LogP contribution in [0.4, 0.5) is 4.79 Å². The lowest BCUT2D eigenvalue weighted by molar-refractivity contribution is 0.0928. The third-order valence-electron chi connectivity index (χ3n) is 6.19. The van der Waals surface area contributed by atoms with Gasteiger partial charge in [-0.15, -0.1) is 0 Å². The lowest BCUT2D eigenvalue weighted by Gasteiger charge is -2.31. The Kier molecular flexibility index (Phi) is 7.83. The number of sulfone groups is 1. The largest absolute Gasteiger partial charge is 0.490 e. The summed E-state index contributed by atoms with van der Waals surface area (Å²) in [6.45, 7) is 4.84. The number of allylic oxidation sites excluding steroid dienone is 1. The van der Waals surface area contributed by atoms with Gasteiger partial charge < -0.3 is 14.4 Å². The highest BCUT2D eigenvalue weighted by Crippen LogP contribution is 2.23. The molecule has 1 aliphatic rings. The molecule has 194 valence electrons. The van der Waals surface area contributed by atoms with E-state index in [0.29, 0.717) is 43.1 Å². The Balaban J connectivity index is 1.33. The van der Waals surface area contributed by atoms with Crippen LogP contribution in [0.15, 0.2) is 76.6 Å². The van der Waals surface area contributed by atoms with Crippen molar-refractivity contribution in [3.63, 3.8) is 0 Å². The molecule has 1 aliphatic heterocycles. The third kappa shape index (κ3) is 6.48. The molecule has 0 aliphatic carbocycles. The van der Waals surface area contributed by atoms with Crippen molar-refractivity contribution in [1.29, 1.82) is 0 Å². The number of carbonyl (C=O) groups excluding carboxylic acids is 1. The molecule has 0 unspecified atom stereocenters. The number of aromatic nitrogens is 1. The van der Waals surface area contributed by atoms with Crippen molar-refractivity contribution in [1.82, 2.24) is 9.47 Å². The van der Waals surface area contributed by atoms with E-state index in [4.69, 9.17) is 9.47 Å². The number of ether oxygens (including phenoxy) is 2. The van der Waals surface area contributed by atoms with E-state index in [2.05, 4.69) is 0 Å². The Morgan fingerprint density at radius 2 is 1.73 bits per heavy atom. The summed E-state index contributed by atoms with van der Waals surface area (Å²) in [6.07, 6.45) is 7.40. The van der Waals surface area contributed by atoms with Gasteiger partial charge in [0.25, 0.3) is 5.56 Å². The minimum absolute atomic E-state index is 0.129. The van der Waals surface area contributed by atoms with Crippen molar-refractivity contribution in [3.05, 3.63) is 88.4 Å². The molecule has 8 nitrogen and oxygen atoms in total. The van der Waals surface area contributed by atoms with Gasteiger partial charge in [0.05, 0.1) is 4.90 Å². The predicted octanol–water partition coefficient (Wildman–Crippen LogP) is 4.62. The minimum Gasteiger partial charge on any atom is -0.490 e. The number of carbonyl (C=O) groups is 1. The number of aryl methyl sites for hydroxylation is 1. The van der Waals surface area contributed by atoms with Gasteiger partial charge in [0.1, 0.15) is 17.6 Å². The molecule has 0 radical (unpaired) electrons. The molecule has 1 aromatic heterocycles. The van der Waals surface area contributed by atoms with Gasteiger partial charge in [-0.25, -0.2) is 13.2 Å². The first-order valence-corrected chi connectivity index (χ1v) is 13.9. The molecule has 37 heavy (non-hydrogen) atoms. The summed E-state index contributed by atoms with van der Waals surface area (Å²) in [5, 5.41) is 0. The molecule has 0 spiro atoms. The van der Waals surface area contributed by atoms with Gasteiger partial charge in [-0.05, 0) is 67.4 Å². The zero-order valence-corrected chi connectivity index (χ0v) is 21.9. The van der Waals surface area contributed by atoms with Crippen LogP contribution in [0.25, 0.3) is 11.8 Å². The monoisotopic (exact) mass is 522 g/mol. The molecular weight excluding hydrogens is 492 g/mol. The Morgan fingerprint density at radius 3 is 2.32 bits per heavy atom. The van der Waals surface area contributed by atoms with E-state index >= 15 is 0 Å². The maximum atomic E-state index is 12.7. The Morgan fingerprint density at radius 1 is 1.03 bits per heavy atom. The topological polar surface area (TPSA) is 94.9 Å². The van der Waals surface area contributed by atoms with E-state index in [1.807, 2.05) is 38.1 Å². The van der Waals surface area contributed by atoms with Crippen LogP contribution in [-0.2, 0) is 9.84 Å². The van der Waals surface area contributed by atoms with Crippen LogP contribution >= 0.6 is 0 Å². The first-order chi connectivity index (χ1) is 17.6. The summed E-state index contributed by atoms with van der Waals surface area (Å²) in [6, 6.07) is 14.9. The van der Waals surface area contributed by atoms with Crippen molar-refractivity contribution in [3.8, 4) is 17.2 Å². The smallest absolute Gasteiger partial charge is 0.415 e. The maximum absolute atomic E-state index is 12.7. The summed E-state index contributed by atoms with van der Waals surface area (Å²) in [5.74, 6) is 0.995. The number of likely N-dealkylation sites (tertiary alicyclic amines) is 1. The van der Waals surface area contributed by atoms with Crippen molar-refractivity contribution < 1.29 is 22.7 Å². The Bertz CT molecular complexity index is 1470. The molecular formula is C28H30N2O6S. The second kappa shape index (κ2) is 11.0. The standard InChI is InChI=1S/C28H30N2O6S/c1-4-5-21-6-11-26(20(2)18-21)36-28(32)29-15-12-23(13-16-29)35-24-14-17-30(27(31)19-24)22-7-9-25(10-8-22)37(3,33)34/h4-11,14,17-19,23H,12-13,15-16H2,1-3H3/b5-4-. The van der Waals surface area contributed by atoms with Gasteiger partial charge in [-0.2, -0.15) is 0 Å². The van der Waals surface area contributed by atoms with Gasteiger partial charge in [0, 0.05) is 50.1 Å². The first-order valence-electron chi connectivity index (χ1n) is 12.0. The molecule has 0 bridgehead atoms. The second-order valence-electron chi connectivity index (χ2n) is 9.03. The lowest BCUT2D eigenvalue weighted by atomic mass is 10.1. The summed E-state index contributed by atoms with van der Waals surface area (Å²) >= 11 is 0. The van der Waals surface area contributed by atoms with Crippen LogP contribution in [0.5, 0.6) is 11.5 Å². The fraction of sp³-hybridized carbons (Fsp3) is 0.286. The van der Waals surface area contributed by atoms with Crippen molar-refractivity contribution >= 4 is 22.0 Å². The number of hydrogen-bond acceptors (Lipinski definition) is 6. The van der Waals surface area contributed by atoms with Gasteiger partial charge in [-0.1, -0.05) is 18.2 Å². The molecule has 0 atom stereocenters. The highest BCUT2D eigenvalue weighted by molar-refractivity contribution is 7.90. The molecule has 1 saturated heterocycles. The number of piperidine rings is 1.